The summed E-state index contributed by atoms with van der Waals surface area (Å²) in [5, 5.41) is 11.2. The molecule has 0 radical (unpaired) electrons. The highest BCUT2D eigenvalue weighted by molar-refractivity contribution is 7.80. The first-order valence-corrected chi connectivity index (χ1v) is 13.1. The van der Waals surface area contributed by atoms with Crippen LogP contribution in [0.5, 0.6) is 5.75 Å². The molecule has 0 N–H and O–H groups in total. The third-order valence-electron chi connectivity index (χ3n) is 5.59. The molecule has 3 aromatic carbocycles. The van der Waals surface area contributed by atoms with E-state index in [0.29, 0.717) is 17.0 Å². The summed E-state index contributed by atoms with van der Waals surface area (Å²) in [7, 11) is 0. The number of carbonyl (C=O) groups is 1. The Balaban J connectivity index is 1.76. The fourth-order valence-corrected chi connectivity index (χ4v) is 4.67. The molecule has 3 rings (SSSR count). The predicted octanol–water partition coefficient (Wildman–Crippen LogP) is 5.81. The van der Waals surface area contributed by atoms with Crippen molar-refractivity contribution in [1.29, 1.82) is 0 Å². The molecular formula is C28H31N2O7S-. The van der Waals surface area contributed by atoms with Crippen LogP contribution in [0.2, 0.25) is 0 Å². The smallest absolute Gasteiger partial charge is 0.330 e. The number of para-hydroxylation sites is 1. The number of carbonyl (C=O) groups excluding carboxylic acids is 1. The van der Waals surface area contributed by atoms with Gasteiger partial charge in [0.2, 0.25) is 0 Å². The van der Waals surface area contributed by atoms with Gasteiger partial charge in [-0.15, -0.1) is 0 Å². The lowest BCUT2D eigenvalue weighted by atomic mass is 10.0. The minimum Gasteiger partial charge on any atom is -0.755 e. The number of hydrogen-bond donors (Lipinski definition) is 0. The van der Waals surface area contributed by atoms with Crippen molar-refractivity contribution in [2.45, 2.75) is 52.9 Å². The second-order valence-corrected chi connectivity index (χ2v) is 10.8. The second kappa shape index (κ2) is 12.2. The Labute approximate surface area is 225 Å². The highest BCUT2D eigenvalue weighted by atomic mass is 32.2. The first-order chi connectivity index (χ1) is 17.9. The van der Waals surface area contributed by atoms with Crippen LogP contribution in [-0.4, -0.2) is 31.3 Å². The standard InChI is InChI=1S/C28H32N2O7S/c1-19(2)26(27(31)37-28(3,4)5)29(38(34)35)23-14-10-20(11-15-23)21-12-16-24(17-13-21)36-18-22-8-6-7-9-25(22)30(32)33/h6-17,19,26H,18H2,1-5H3,(H,34,35)/p-1. The van der Waals surface area contributed by atoms with E-state index in [1.807, 2.05) is 12.1 Å². The molecule has 2 unspecified atom stereocenters. The van der Waals surface area contributed by atoms with E-state index in [1.165, 1.54) is 6.07 Å². The molecule has 0 saturated heterocycles. The quantitative estimate of drug-likeness (QED) is 0.138. The van der Waals surface area contributed by atoms with Crippen LogP contribution >= 0.6 is 0 Å². The lowest BCUT2D eigenvalue weighted by molar-refractivity contribution is -0.385. The van der Waals surface area contributed by atoms with Crippen molar-refractivity contribution in [1.82, 2.24) is 0 Å². The van der Waals surface area contributed by atoms with Crippen molar-refractivity contribution in [3.63, 3.8) is 0 Å². The van der Waals surface area contributed by atoms with E-state index in [4.69, 9.17) is 9.47 Å². The van der Waals surface area contributed by atoms with E-state index >= 15 is 0 Å². The molecule has 0 bridgehead atoms. The van der Waals surface area contributed by atoms with Crippen LogP contribution in [0.3, 0.4) is 0 Å². The van der Waals surface area contributed by atoms with E-state index in [-0.39, 0.29) is 18.2 Å². The van der Waals surface area contributed by atoms with Gasteiger partial charge in [0, 0.05) is 23.0 Å². The molecule has 10 heteroatoms. The molecule has 0 aliphatic heterocycles. The Morgan fingerprint density at radius 1 is 0.974 bits per heavy atom. The largest absolute Gasteiger partial charge is 0.755 e. The molecule has 0 saturated carbocycles. The normalized spacial score (nSPS) is 13.0. The van der Waals surface area contributed by atoms with Crippen LogP contribution < -0.4 is 9.04 Å². The van der Waals surface area contributed by atoms with Crippen molar-refractivity contribution in [3.05, 3.63) is 88.5 Å². The van der Waals surface area contributed by atoms with Gasteiger partial charge >= 0.3 is 5.97 Å². The number of ether oxygens (including phenoxy) is 2. The highest BCUT2D eigenvalue weighted by Gasteiger charge is 2.34. The minimum atomic E-state index is -2.71. The summed E-state index contributed by atoms with van der Waals surface area (Å²) in [4.78, 5) is 23.6. The fraction of sp³-hybridized carbons (Fsp3) is 0.321. The number of hydrogen-bond acceptors (Lipinski definition) is 7. The highest BCUT2D eigenvalue weighted by Crippen LogP contribution is 2.29. The molecule has 3 aromatic rings. The van der Waals surface area contributed by atoms with Gasteiger partial charge in [0.25, 0.3) is 5.69 Å². The van der Waals surface area contributed by atoms with Crippen LogP contribution in [-0.2, 0) is 27.4 Å². The number of nitro benzene ring substituents is 1. The predicted molar refractivity (Wildman–Crippen MR) is 145 cm³/mol. The van der Waals surface area contributed by atoms with Crippen molar-refractivity contribution in [2.24, 2.45) is 5.92 Å². The lowest BCUT2D eigenvalue weighted by Crippen LogP contribution is -2.48. The Bertz CT molecular complexity index is 1290. The topological polar surface area (TPSA) is 122 Å². The number of nitro groups is 1. The Kier molecular flexibility index (Phi) is 9.24. The first-order valence-electron chi connectivity index (χ1n) is 12.0. The maximum atomic E-state index is 12.9. The summed E-state index contributed by atoms with van der Waals surface area (Å²) in [5.74, 6) is -0.391. The molecule has 0 heterocycles. The zero-order chi connectivity index (χ0) is 28.0. The van der Waals surface area contributed by atoms with Crippen LogP contribution in [0.4, 0.5) is 11.4 Å². The lowest BCUT2D eigenvalue weighted by Gasteiger charge is -2.36. The van der Waals surface area contributed by atoms with Crippen LogP contribution in [0, 0.1) is 16.0 Å². The summed E-state index contributed by atoms with van der Waals surface area (Å²) in [6.45, 7) is 8.79. The van der Waals surface area contributed by atoms with Crippen molar-refractivity contribution < 1.29 is 28.0 Å². The maximum Gasteiger partial charge on any atom is 0.330 e. The van der Waals surface area contributed by atoms with Crippen molar-refractivity contribution in [3.8, 4) is 16.9 Å². The number of benzene rings is 3. The van der Waals surface area contributed by atoms with Gasteiger partial charge < -0.3 is 14.0 Å². The summed E-state index contributed by atoms with van der Waals surface area (Å²) in [5.41, 5.74) is 1.75. The number of esters is 1. The Hall–Kier alpha value is -3.76. The minimum absolute atomic E-state index is 0.00337. The fourth-order valence-electron chi connectivity index (χ4n) is 3.86. The third kappa shape index (κ3) is 7.39. The summed E-state index contributed by atoms with van der Waals surface area (Å²) in [6, 6.07) is 19.4. The Morgan fingerprint density at radius 3 is 2.03 bits per heavy atom. The molecule has 0 amide bonds. The van der Waals surface area contributed by atoms with Crippen LogP contribution in [0.1, 0.15) is 40.2 Å². The molecule has 0 aromatic heterocycles. The van der Waals surface area contributed by atoms with E-state index in [1.54, 1.807) is 89.2 Å². The van der Waals surface area contributed by atoms with E-state index in [2.05, 4.69) is 0 Å². The zero-order valence-corrected chi connectivity index (χ0v) is 22.8. The molecule has 9 nitrogen and oxygen atoms in total. The molecule has 38 heavy (non-hydrogen) atoms. The molecule has 0 aliphatic carbocycles. The van der Waals surface area contributed by atoms with Gasteiger partial charge in [0.05, 0.1) is 10.5 Å². The van der Waals surface area contributed by atoms with E-state index < -0.39 is 33.8 Å². The summed E-state index contributed by atoms with van der Waals surface area (Å²) >= 11 is -2.71. The summed E-state index contributed by atoms with van der Waals surface area (Å²) in [6.07, 6.45) is 0. The van der Waals surface area contributed by atoms with Gasteiger partial charge in [-0.25, -0.2) is 4.79 Å². The van der Waals surface area contributed by atoms with Gasteiger partial charge in [-0.2, -0.15) is 0 Å². The van der Waals surface area contributed by atoms with Gasteiger partial charge in [0.1, 0.15) is 24.0 Å². The van der Waals surface area contributed by atoms with Crippen LogP contribution in [0.25, 0.3) is 11.1 Å². The van der Waals surface area contributed by atoms with Gasteiger partial charge in [-0.05, 0) is 68.1 Å². The first kappa shape index (κ1) is 28.8. The maximum absolute atomic E-state index is 12.9. The Morgan fingerprint density at radius 2 is 1.53 bits per heavy atom. The molecule has 0 spiro atoms. The average molecular weight is 540 g/mol. The van der Waals surface area contributed by atoms with Crippen molar-refractivity contribution >= 4 is 28.6 Å². The van der Waals surface area contributed by atoms with E-state index in [9.17, 15) is 23.7 Å². The number of rotatable bonds is 10. The van der Waals surface area contributed by atoms with Gasteiger partial charge in [0.15, 0.2) is 0 Å². The summed E-state index contributed by atoms with van der Waals surface area (Å²) < 4.78 is 36.7. The van der Waals surface area contributed by atoms with Crippen LogP contribution in [0.15, 0.2) is 72.8 Å². The number of anilines is 1. The van der Waals surface area contributed by atoms with Gasteiger partial charge in [-0.3, -0.25) is 18.6 Å². The average Bonchev–Trinajstić information content (AvgIpc) is 2.85. The third-order valence-corrected chi connectivity index (χ3v) is 6.34. The molecule has 2 atom stereocenters. The molecular weight excluding hydrogens is 508 g/mol. The monoisotopic (exact) mass is 539 g/mol. The van der Waals surface area contributed by atoms with Crippen molar-refractivity contribution in [2.75, 3.05) is 4.31 Å². The second-order valence-electron chi connectivity index (χ2n) is 10.0. The van der Waals surface area contributed by atoms with E-state index in [0.717, 1.165) is 15.4 Å². The SMILES string of the molecule is CC(C)C(C(=O)OC(C)(C)C)N(c1ccc(-c2ccc(OCc3ccccc3[N+](=O)[O-])cc2)cc1)S(=O)[O-]. The van der Waals surface area contributed by atoms with Gasteiger partial charge in [-0.1, -0.05) is 50.2 Å². The number of nitrogens with zero attached hydrogens (tertiary/aromatic N) is 2. The molecule has 0 aliphatic rings. The molecule has 0 fully saturated rings. The zero-order valence-electron chi connectivity index (χ0n) is 22.0. The molecule has 202 valence electrons.